The summed E-state index contributed by atoms with van der Waals surface area (Å²) >= 11 is 3.54. The fourth-order valence-corrected chi connectivity index (χ4v) is 2.06. The highest BCUT2D eigenvalue weighted by atomic mass is 79.9. The van der Waals surface area contributed by atoms with Gasteiger partial charge in [0.1, 0.15) is 6.23 Å². The van der Waals surface area contributed by atoms with Crippen LogP contribution < -0.4 is 5.32 Å². The average molecular weight is 293 g/mol. The lowest BCUT2D eigenvalue weighted by Gasteiger charge is -2.24. The van der Waals surface area contributed by atoms with Crippen molar-refractivity contribution >= 4 is 28.3 Å². The lowest BCUT2D eigenvalue weighted by Crippen LogP contribution is -2.39. The monoisotopic (exact) mass is 291 g/mol. The molecule has 1 aliphatic rings. The van der Waals surface area contributed by atoms with E-state index in [1.165, 1.54) is 5.56 Å². The first-order valence-electron chi connectivity index (χ1n) is 4.94. The van der Waals surface area contributed by atoms with Gasteiger partial charge in [-0.15, -0.1) is 12.4 Å². The Morgan fingerprint density at radius 1 is 1.40 bits per heavy atom. The number of halogens is 2. The van der Waals surface area contributed by atoms with E-state index in [4.69, 9.17) is 4.74 Å². The normalized spacial score (nSPS) is 20.7. The zero-order chi connectivity index (χ0) is 9.80. The molecule has 0 aliphatic carbocycles. The minimum atomic E-state index is 0. The SMILES string of the molecule is Brc1ccccc1CC1NCCCO1.Cl. The summed E-state index contributed by atoms with van der Waals surface area (Å²) in [6.07, 6.45) is 2.23. The predicted molar refractivity (Wildman–Crippen MR) is 67.5 cm³/mol. The van der Waals surface area contributed by atoms with Crippen LogP contribution in [0.2, 0.25) is 0 Å². The summed E-state index contributed by atoms with van der Waals surface area (Å²) in [5.41, 5.74) is 1.30. The zero-order valence-corrected chi connectivity index (χ0v) is 10.8. The van der Waals surface area contributed by atoms with Gasteiger partial charge in [-0.3, -0.25) is 5.32 Å². The molecular weight excluding hydrogens is 277 g/mol. The third-order valence-corrected chi connectivity index (χ3v) is 3.15. The third kappa shape index (κ3) is 3.76. The lowest BCUT2D eigenvalue weighted by molar-refractivity contribution is 0.00186. The number of benzene rings is 1. The molecule has 0 aromatic heterocycles. The van der Waals surface area contributed by atoms with Gasteiger partial charge in [-0.2, -0.15) is 0 Å². The third-order valence-electron chi connectivity index (χ3n) is 2.38. The molecule has 15 heavy (non-hydrogen) atoms. The van der Waals surface area contributed by atoms with E-state index in [1.807, 2.05) is 6.07 Å². The lowest BCUT2D eigenvalue weighted by atomic mass is 10.1. The van der Waals surface area contributed by atoms with Crippen molar-refractivity contribution in [1.82, 2.24) is 5.32 Å². The topological polar surface area (TPSA) is 21.3 Å². The molecule has 0 radical (unpaired) electrons. The molecule has 1 aromatic carbocycles. The first kappa shape index (κ1) is 13.0. The minimum absolute atomic E-state index is 0. The van der Waals surface area contributed by atoms with Crippen molar-refractivity contribution in [3.63, 3.8) is 0 Å². The Morgan fingerprint density at radius 2 is 2.20 bits per heavy atom. The molecule has 0 amide bonds. The second-order valence-corrected chi connectivity index (χ2v) is 4.32. The van der Waals surface area contributed by atoms with E-state index in [9.17, 15) is 0 Å². The van der Waals surface area contributed by atoms with E-state index in [0.717, 1.165) is 30.5 Å². The molecule has 1 aromatic rings. The second-order valence-electron chi connectivity index (χ2n) is 3.46. The van der Waals surface area contributed by atoms with Gasteiger partial charge in [0.2, 0.25) is 0 Å². The van der Waals surface area contributed by atoms with Crippen molar-refractivity contribution < 1.29 is 4.74 Å². The second kappa shape index (κ2) is 6.48. The molecule has 1 fully saturated rings. The van der Waals surface area contributed by atoms with Crippen LogP contribution in [-0.2, 0) is 11.2 Å². The van der Waals surface area contributed by atoms with Gasteiger partial charge in [0.15, 0.2) is 0 Å². The standard InChI is InChI=1S/C11H14BrNO.ClH/c12-10-5-2-1-4-9(10)8-11-13-6-3-7-14-11;/h1-2,4-5,11,13H,3,6-8H2;1H. The molecular formula is C11H15BrClNO. The highest BCUT2D eigenvalue weighted by molar-refractivity contribution is 9.10. The van der Waals surface area contributed by atoms with Gasteiger partial charge in [-0.05, 0) is 24.6 Å². The predicted octanol–water partition coefficient (Wildman–Crippen LogP) is 2.75. The van der Waals surface area contributed by atoms with Crippen molar-refractivity contribution in [1.29, 1.82) is 0 Å². The van der Waals surface area contributed by atoms with Crippen LogP contribution >= 0.6 is 28.3 Å². The fraction of sp³-hybridized carbons (Fsp3) is 0.455. The van der Waals surface area contributed by atoms with Crippen LogP contribution in [0.1, 0.15) is 12.0 Å². The highest BCUT2D eigenvalue weighted by Crippen LogP contribution is 2.18. The largest absolute Gasteiger partial charge is 0.363 e. The van der Waals surface area contributed by atoms with Gasteiger partial charge in [0.25, 0.3) is 0 Å². The molecule has 1 heterocycles. The summed E-state index contributed by atoms with van der Waals surface area (Å²) in [4.78, 5) is 0. The van der Waals surface area contributed by atoms with E-state index in [1.54, 1.807) is 0 Å². The van der Waals surface area contributed by atoms with Crippen LogP contribution in [0.5, 0.6) is 0 Å². The Balaban J connectivity index is 0.00000112. The Bertz CT molecular complexity index is 302. The molecule has 0 spiro atoms. The quantitative estimate of drug-likeness (QED) is 0.905. The number of rotatable bonds is 2. The van der Waals surface area contributed by atoms with Crippen LogP contribution in [0.3, 0.4) is 0 Å². The zero-order valence-electron chi connectivity index (χ0n) is 8.41. The minimum Gasteiger partial charge on any atom is -0.363 e. The number of hydrogen-bond donors (Lipinski definition) is 1. The van der Waals surface area contributed by atoms with E-state index in [0.29, 0.717) is 0 Å². The summed E-state index contributed by atoms with van der Waals surface area (Å²) in [5.74, 6) is 0. The van der Waals surface area contributed by atoms with Crippen LogP contribution in [-0.4, -0.2) is 19.4 Å². The van der Waals surface area contributed by atoms with E-state index in [-0.39, 0.29) is 18.6 Å². The van der Waals surface area contributed by atoms with E-state index < -0.39 is 0 Å². The van der Waals surface area contributed by atoms with Gasteiger partial charge >= 0.3 is 0 Å². The van der Waals surface area contributed by atoms with Crippen molar-refractivity contribution in [3.05, 3.63) is 34.3 Å². The van der Waals surface area contributed by atoms with Crippen LogP contribution in [0.15, 0.2) is 28.7 Å². The molecule has 0 saturated carbocycles. The van der Waals surface area contributed by atoms with Crippen molar-refractivity contribution in [3.8, 4) is 0 Å². The van der Waals surface area contributed by atoms with Crippen LogP contribution in [0, 0.1) is 0 Å². The Morgan fingerprint density at radius 3 is 2.87 bits per heavy atom. The molecule has 1 atom stereocenters. The van der Waals surface area contributed by atoms with Crippen LogP contribution in [0.25, 0.3) is 0 Å². The summed E-state index contributed by atoms with van der Waals surface area (Å²) in [5, 5.41) is 3.35. The van der Waals surface area contributed by atoms with Crippen LogP contribution in [0.4, 0.5) is 0 Å². The van der Waals surface area contributed by atoms with Crippen molar-refractivity contribution in [2.24, 2.45) is 0 Å². The van der Waals surface area contributed by atoms with E-state index >= 15 is 0 Å². The Labute approximate surface area is 105 Å². The van der Waals surface area contributed by atoms with Crippen molar-refractivity contribution in [2.75, 3.05) is 13.2 Å². The van der Waals surface area contributed by atoms with Gasteiger partial charge in [0, 0.05) is 17.5 Å². The highest BCUT2D eigenvalue weighted by Gasteiger charge is 2.14. The maximum atomic E-state index is 5.60. The number of ether oxygens (including phenoxy) is 1. The Kier molecular flexibility index (Phi) is 5.61. The fourth-order valence-electron chi connectivity index (χ4n) is 1.61. The van der Waals surface area contributed by atoms with E-state index in [2.05, 4.69) is 39.4 Å². The van der Waals surface area contributed by atoms with Gasteiger partial charge in [-0.25, -0.2) is 0 Å². The summed E-state index contributed by atoms with van der Waals surface area (Å²) in [7, 11) is 0. The molecule has 0 bridgehead atoms. The molecule has 1 unspecified atom stereocenters. The molecule has 4 heteroatoms. The first-order chi connectivity index (χ1) is 6.86. The smallest absolute Gasteiger partial charge is 0.112 e. The molecule has 1 saturated heterocycles. The molecule has 1 N–H and O–H groups in total. The first-order valence-corrected chi connectivity index (χ1v) is 5.74. The number of hydrogen-bond acceptors (Lipinski definition) is 2. The van der Waals surface area contributed by atoms with Crippen molar-refractivity contribution in [2.45, 2.75) is 19.1 Å². The Hall–Kier alpha value is -0.0900. The van der Waals surface area contributed by atoms with Gasteiger partial charge < -0.3 is 4.74 Å². The number of nitrogens with one attached hydrogen (secondary N) is 1. The maximum absolute atomic E-state index is 5.60. The summed E-state index contributed by atoms with van der Waals surface area (Å²) < 4.78 is 6.77. The maximum Gasteiger partial charge on any atom is 0.112 e. The van der Waals surface area contributed by atoms with Gasteiger partial charge in [0.05, 0.1) is 0 Å². The molecule has 2 nitrogen and oxygen atoms in total. The summed E-state index contributed by atoms with van der Waals surface area (Å²) in [6.45, 7) is 1.94. The summed E-state index contributed by atoms with van der Waals surface area (Å²) in [6, 6.07) is 8.29. The molecule has 2 rings (SSSR count). The average Bonchev–Trinajstić information content (AvgIpc) is 2.23. The van der Waals surface area contributed by atoms with Gasteiger partial charge in [-0.1, -0.05) is 34.1 Å². The molecule has 1 aliphatic heterocycles. The molecule has 84 valence electrons.